The van der Waals surface area contributed by atoms with E-state index in [1.807, 2.05) is 6.92 Å². The Morgan fingerprint density at radius 2 is 2.14 bits per heavy atom. The Labute approximate surface area is 129 Å². The molecule has 118 valence electrons. The minimum absolute atomic E-state index is 0.336. The van der Waals surface area contributed by atoms with Crippen LogP contribution in [-0.4, -0.2) is 21.5 Å². The first kappa shape index (κ1) is 16.0. The second kappa shape index (κ2) is 6.17. The molecule has 6 heteroatoms. The molecule has 0 spiro atoms. The lowest BCUT2D eigenvalue weighted by atomic mass is 10.2. The van der Waals surface area contributed by atoms with Crippen LogP contribution < -0.4 is 5.32 Å². The number of nitrogens with zero attached hydrogens (tertiary/aromatic N) is 2. The highest BCUT2D eigenvalue weighted by molar-refractivity contribution is 5.85. The van der Waals surface area contributed by atoms with Gasteiger partial charge < -0.3 is 4.74 Å². The van der Waals surface area contributed by atoms with Gasteiger partial charge in [-0.1, -0.05) is 13.0 Å². The molecule has 0 aliphatic heterocycles. The number of halogens is 1. The van der Waals surface area contributed by atoms with Crippen molar-refractivity contribution >= 4 is 11.8 Å². The molecule has 1 aromatic carbocycles. The van der Waals surface area contributed by atoms with Crippen LogP contribution in [0.15, 0.2) is 30.5 Å². The van der Waals surface area contributed by atoms with E-state index >= 15 is 0 Å². The van der Waals surface area contributed by atoms with Gasteiger partial charge in [-0.3, -0.25) is 5.32 Å². The lowest BCUT2D eigenvalue weighted by molar-refractivity contribution is 0.0636. The number of anilines is 1. The van der Waals surface area contributed by atoms with Gasteiger partial charge in [0.25, 0.3) is 0 Å². The molecule has 0 saturated carbocycles. The van der Waals surface area contributed by atoms with Gasteiger partial charge >= 0.3 is 6.09 Å². The van der Waals surface area contributed by atoms with Crippen molar-refractivity contribution in [2.24, 2.45) is 0 Å². The van der Waals surface area contributed by atoms with Crippen LogP contribution in [0.5, 0.6) is 0 Å². The van der Waals surface area contributed by atoms with Gasteiger partial charge in [-0.25, -0.2) is 13.9 Å². The molecular formula is C16H20FN3O2. The first-order valence-electron chi connectivity index (χ1n) is 7.13. The molecule has 0 unspecified atom stereocenters. The summed E-state index contributed by atoms with van der Waals surface area (Å²) >= 11 is 0. The number of hydrogen-bond donors (Lipinski definition) is 1. The summed E-state index contributed by atoms with van der Waals surface area (Å²) in [6, 6.07) is 6.14. The number of rotatable bonds is 3. The van der Waals surface area contributed by atoms with Gasteiger partial charge in [0.15, 0.2) is 0 Å². The Balaban J connectivity index is 2.26. The lowest BCUT2D eigenvalue weighted by Crippen LogP contribution is -2.27. The standard InChI is InChI=1S/C16H20FN3O2/c1-5-14-13(19-15(21)22-16(2,3)4)10-18-20(14)12-8-6-7-11(17)9-12/h6-10H,5H2,1-4H3,(H,19,21). The molecule has 0 saturated heterocycles. The fraction of sp³-hybridized carbons (Fsp3) is 0.375. The van der Waals surface area contributed by atoms with E-state index in [0.29, 0.717) is 17.8 Å². The van der Waals surface area contributed by atoms with E-state index in [1.165, 1.54) is 18.3 Å². The number of amides is 1. The fourth-order valence-corrected chi connectivity index (χ4v) is 2.06. The number of aromatic nitrogens is 2. The molecule has 1 heterocycles. The third kappa shape index (κ3) is 3.84. The summed E-state index contributed by atoms with van der Waals surface area (Å²) in [6.45, 7) is 7.32. The molecular weight excluding hydrogens is 285 g/mol. The van der Waals surface area contributed by atoms with Crippen molar-refractivity contribution in [3.63, 3.8) is 0 Å². The normalized spacial score (nSPS) is 11.3. The molecule has 1 aromatic heterocycles. The summed E-state index contributed by atoms with van der Waals surface area (Å²) < 4.78 is 20.2. The zero-order valence-electron chi connectivity index (χ0n) is 13.2. The molecule has 1 amide bonds. The minimum Gasteiger partial charge on any atom is -0.444 e. The summed E-state index contributed by atoms with van der Waals surface area (Å²) in [5.41, 5.74) is 1.36. The van der Waals surface area contributed by atoms with Crippen LogP contribution in [0.25, 0.3) is 5.69 Å². The number of benzene rings is 1. The maximum Gasteiger partial charge on any atom is 0.412 e. The Morgan fingerprint density at radius 1 is 1.41 bits per heavy atom. The highest BCUT2D eigenvalue weighted by atomic mass is 19.1. The third-order valence-corrected chi connectivity index (χ3v) is 2.89. The second-order valence-electron chi connectivity index (χ2n) is 5.88. The summed E-state index contributed by atoms with van der Waals surface area (Å²) in [4.78, 5) is 11.9. The van der Waals surface area contributed by atoms with E-state index in [4.69, 9.17) is 4.74 Å². The number of ether oxygens (including phenoxy) is 1. The molecule has 0 aliphatic rings. The van der Waals surface area contributed by atoms with Crippen molar-refractivity contribution in [1.29, 1.82) is 0 Å². The zero-order chi connectivity index (χ0) is 16.3. The Morgan fingerprint density at radius 3 is 2.73 bits per heavy atom. The van der Waals surface area contributed by atoms with Crippen molar-refractivity contribution in [3.8, 4) is 5.69 Å². The van der Waals surface area contributed by atoms with Crippen LogP contribution in [0.2, 0.25) is 0 Å². The van der Waals surface area contributed by atoms with Gasteiger partial charge in [0.2, 0.25) is 0 Å². The summed E-state index contributed by atoms with van der Waals surface area (Å²) in [5.74, 6) is -0.336. The molecule has 0 fully saturated rings. The minimum atomic E-state index is -0.574. The third-order valence-electron chi connectivity index (χ3n) is 2.89. The Kier molecular flexibility index (Phi) is 4.49. The molecule has 22 heavy (non-hydrogen) atoms. The lowest BCUT2D eigenvalue weighted by Gasteiger charge is -2.19. The molecule has 0 radical (unpaired) electrons. The SMILES string of the molecule is CCc1c(NC(=O)OC(C)(C)C)cnn1-c1cccc(F)c1. The molecule has 0 bridgehead atoms. The first-order valence-corrected chi connectivity index (χ1v) is 7.13. The van der Waals surface area contributed by atoms with E-state index in [-0.39, 0.29) is 5.82 Å². The summed E-state index contributed by atoms with van der Waals surface area (Å²) in [6.07, 6.45) is 1.62. The van der Waals surface area contributed by atoms with Gasteiger partial charge in [-0.2, -0.15) is 5.10 Å². The largest absolute Gasteiger partial charge is 0.444 e. The Bertz CT molecular complexity index is 674. The van der Waals surface area contributed by atoms with Crippen molar-refractivity contribution in [1.82, 2.24) is 9.78 Å². The van der Waals surface area contributed by atoms with E-state index in [1.54, 1.807) is 37.6 Å². The second-order valence-corrected chi connectivity index (χ2v) is 5.88. The molecule has 0 aliphatic carbocycles. The van der Waals surface area contributed by atoms with Crippen LogP contribution in [0.3, 0.4) is 0 Å². The van der Waals surface area contributed by atoms with Crippen LogP contribution in [0.4, 0.5) is 14.9 Å². The fourth-order valence-electron chi connectivity index (χ4n) is 2.06. The predicted octanol–water partition coefficient (Wildman–Crippen LogP) is 3.92. The van der Waals surface area contributed by atoms with E-state index < -0.39 is 11.7 Å². The number of carbonyl (C=O) groups excluding carboxylic acids is 1. The predicted molar refractivity (Wildman–Crippen MR) is 82.8 cm³/mol. The average molecular weight is 305 g/mol. The highest BCUT2D eigenvalue weighted by Crippen LogP contribution is 2.21. The molecule has 0 atom stereocenters. The van der Waals surface area contributed by atoms with Gasteiger partial charge in [0.1, 0.15) is 11.4 Å². The number of hydrogen-bond acceptors (Lipinski definition) is 3. The van der Waals surface area contributed by atoms with Crippen molar-refractivity contribution in [2.45, 2.75) is 39.7 Å². The van der Waals surface area contributed by atoms with Crippen LogP contribution in [0.1, 0.15) is 33.4 Å². The van der Waals surface area contributed by atoms with Gasteiger partial charge in [0, 0.05) is 0 Å². The number of nitrogens with one attached hydrogen (secondary N) is 1. The van der Waals surface area contributed by atoms with Crippen molar-refractivity contribution in [3.05, 3.63) is 42.0 Å². The highest BCUT2D eigenvalue weighted by Gasteiger charge is 2.19. The quantitative estimate of drug-likeness (QED) is 0.935. The molecule has 2 rings (SSSR count). The van der Waals surface area contributed by atoms with Crippen LogP contribution >= 0.6 is 0 Å². The van der Waals surface area contributed by atoms with Crippen molar-refractivity contribution in [2.75, 3.05) is 5.32 Å². The van der Waals surface area contributed by atoms with Crippen LogP contribution in [-0.2, 0) is 11.2 Å². The summed E-state index contributed by atoms with van der Waals surface area (Å²) in [7, 11) is 0. The molecule has 5 nitrogen and oxygen atoms in total. The first-order chi connectivity index (χ1) is 10.3. The van der Waals surface area contributed by atoms with Gasteiger partial charge in [-0.05, 0) is 45.4 Å². The van der Waals surface area contributed by atoms with Gasteiger partial charge in [0.05, 0.1) is 23.3 Å². The maximum absolute atomic E-state index is 13.4. The van der Waals surface area contributed by atoms with E-state index in [0.717, 1.165) is 5.69 Å². The number of carbonyl (C=O) groups is 1. The Hall–Kier alpha value is -2.37. The zero-order valence-corrected chi connectivity index (χ0v) is 13.2. The van der Waals surface area contributed by atoms with Gasteiger partial charge in [-0.15, -0.1) is 0 Å². The summed E-state index contributed by atoms with van der Waals surface area (Å²) in [5, 5.41) is 6.91. The topological polar surface area (TPSA) is 56.1 Å². The van der Waals surface area contributed by atoms with Crippen LogP contribution in [0, 0.1) is 5.82 Å². The molecule has 1 N–H and O–H groups in total. The van der Waals surface area contributed by atoms with E-state index in [2.05, 4.69) is 10.4 Å². The smallest absolute Gasteiger partial charge is 0.412 e. The average Bonchev–Trinajstić information content (AvgIpc) is 2.79. The molecule has 2 aromatic rings. The monoisotopic (exact) mass is 305 g/mol. The van der Waals surface area contributed by atoms with E-state index in [9.17, 15) is 9.18 Å². The maximum atomic E-state index is 13.4. The van der Waals surface area contributed by atoms with Crippen molar-refractivity contribution < 1.29 is 13.9 Å².